The van der Waals surface area contributed by atoms with Gasteiger partial charge in [-0.25, -0.2) is 9.18 Å². The van der Waals surface area contributed by atoms with Crippen LogP contribution in [0.2, 0.25) is 0 Å². The summed E-state index contributed by atoms with van der Waals surface area (Å²) in [6.07, 6.45) is 0.0335. The third kappa shape index (κ3) is 5.15. The van der Waals surface area contributed by atoms with Crippen molar-refractivity contribution in [1.29, 1.82) is 5.26 Å². The van der Waals surface area contributed by atoms with Crippen LogP contribution in [0.5, 0.6) is 0 Å². The van der Waals surface area contributed by atoms with Crippen molar-refractivity contribution in [1.82, 2.24) is 10.6 Å². The van der Waals surface area contributed by atoms with E-state index in [-0.39, 0.29) is 12.3 Å². The minimum absolute atomic E-state index is 0.0201. The first-order valence-electron chi connectivity index (χ1n) is 9.75. The van der Waals surface area contributed by atoms with Gasteiger partial charge in [-0.15, -0.1) is 0 Å². The maximum Gasteiger partial charge on any atom is 0.408 e. The van der Waals surface area contributed by atoms with Crippen molar-refractivity contribution in [3.63, 3.8) is 0 Å². The molecule has 2 amide bonds. The first kappa shape index (κ1) is 21.3. The van der Waals surface area contributed by atoms with Crippen molar-refractivity contribution in [2.75, 3.05) is 6.54 Å². The number of rotatable bonds is 4. The number of halogens is 1. The number of benzene rings is 2. The van der Waals surface area contributed by atoms with Gasteiger partial charge in [0.2, 0.25) is 0 Å². The SMILES string of the molecule is CC(C)(C)OC(=O)NC(C#N)Cc1ccc(-c2ccc3c(c2)CCNC3=O)cc1F. The fraction of sp³-hybridized carbons (Fsp3) is 0.348. The second kappa shape index (κ2) is 8.54. The predicted molar refractivity (Wildman–Crippen MR) is 110 cm³/mol. The number of hydrogen-bond donors (Lipinski definition) is 2. The quantitative estimate of drug-likeness (QED) is 0.805. The number of alkyl carbamates (subject to hydrolysis) is 1. The molecule has 2 aromatic carbocycles. The van der Waals surface area contributed by atoms with E-state index in [4.69, 9.17) is 4.74 Å². The molecule has 1 atom stereocenters. The minimum Gasteiger partial charge on any atom is -0.444 e. The predicted octanol–water partition coefficient (Wildman–Crippen LogP) is 3.74. The molecule has 1 unspecified atom stereocenters. The summed E-state index contributed by atoms with van der Waals surface area (Å²) in [5.41, 5.74) is 2.71. The van der Waals surface area contributed by atoms with Gasteiger partial charge in [0.25, 0.3) is 5.91 Å². The molecule has 0 saturated heterocycles. The summed E-state index contributed by atoms with van der Waals surface area (Å²) in [5, 5.41) is 14.6. The molecule has 0 aromatic heterocycles. The lowest BCUT2D eigenvalue weighted by Gasteiger charge is -2.21. The molecule has 2 aromatic rings. The van der Waals surface area contributed by atoms with Crippen LogP contribution >= 0.6 is 0 Å². The van der Waals surface area contributed by atoms with E-state index >= 15 is 0 Å². The number of carbonyl (C=O) groups is 2. The molecule has 156 valence electrons. The second-order valence-corrected chi connectivity index (χ2v) is 8.22. The van der Waals surface area contributed by atoms with Crippen molar-refractivity contribution in [3.05, 3.63) is 58.9 Å². The highest BCUT2D eigenvalue weighted by atomic mass is 19.1. The van der Waals surface area contributed by atoms with Crippen LogP contribution in [0.3, 0.4) is 0 Å². The summed E-state index contributed by atoms with van der Waals surface area (Å²) < 4.78 is 19.9. The van der Waals surface area contributed by atoms with Gasteiger partial charge < -0.3 is 15.4 Å². The molecule has 0 fully saturated rings. The molecule has 30 heavy (non-hydrogen) atoms. The Bertz CT molecular complexity index is 1020. The number of carbonyl (C=O) groups excluding carboxylic acids is 2. The normalized spacial score (nSPS) is 14.2. The van der Waals surface area contributed by atoms with Gasteiger partial charge in [0.15, 0.2) is 0 Å². The Labute approximate surface area is 175 Å². The van der Waals surface area contributed by atoms with Crippen molar-refractivity contribution in [2.45, 2.75) is 45.3 Å². The Hall–Kier alpha value is -3.40. The number of nitrogens with zero attached hydrogens (tertiary/aromatic N) is 1. The fourth-order valence-corrected chi connectivity index (χ4v) is 3.30. The lowest BCUT2D eigenvalue weighted by atomic mass is 9.94. The molecule has 0 aliphatic carbocycles. The molecule has 1 aliphatic heterocycles. The van der Waals surface area contributed by atoms with E-state index in [2.05, 4.69) is 10.6 Å². The zero-order valence-corrected chi connectivity index (χ0v) is 17.2. The summed E-state index contributed by atoms with van der Waals surface area (Å²) in [5.74, 6) is -0.557. The van der Waals surface area contributed by atoms with Gasteiger partial charge >= 0.3 is 6.09 Å². The molecule has 7 heteroatoms. The van der Waals surface area contributed by atoms with Crippen LogP contribution in [0.25, 0.3) is 11.1 Å². The zero-order valence-electron chi connectivity index (χ0n) is 17.2. The van der Waals surface area contributed by atoms with E-state index in [9.17, 15) is 19.2 Å². The van der Waals surface area contributed by atoms with Gasteiger partial charge in [-0.3, -0.25) is 4.79 Å². The topological polar surface area (TPSA) is 91.2 Å². The van der Waals surface area contributed by atoms with Crippen molar-refractivity contribution < 1.29 is 18.7 Å². The monoisotopic (exact) mass is 409 g/mol. The van der Waals surface area contributed by atoms with E-state index < -0.39 is 23.6 Å². The Balaban J connectivity index is 1.74. The highest BCUT2D eigenvalue weighted by Crippen LogP contribution is 2.26. The van der Waals surface area contributed by atoms with Gasteiger partial charge in [-0.1, -0.05) is 24.3 Å². The third-order valence-electron chi connectivity index (χ3n) is 4.69. The maximum absolute atomic E-state index is 14.7. The summed E-state index contributed by atoms with van der Waals surface area (Å²) in [6.45, 7) is 5.75. The molecule has 1 aliphatic rings. The molecular formula is C23H24FN3O3. The number of fused-ring (bicyclic) bond motifs is 1. The van der Waals surface area contributed by atoms with Crippen LogP contribution < -0.4 is 10.6 Å². The number of hydrogen-bond acceptors (Lipinski definition) is 4. The molecule has 1 heterocycles. The molecule has 0 bridgehead atoms. The van der Waals surface area contributed by atoms with Crippen LogP contribution in [0, 0.1) is 17.1 Å². The Morgan fingerprint density at radius 1 is 1.27 bits per heavy atom. The Morgan fingerprint density at radius 3 is 2.63 bits per heavy atom. The maximum atomic E-state index is 14.7. The van der Waals surface area contributed by atoms with Crippen LogP contribution in [0.15, 0.2) is 36.4 Å². The highest BCUT2D eigenvalue weighted by Gasteiger charge is 2.21. The lowest BCUT2D eigenvalue weighted by molar-refractivity contribution is 0.0515. The number of ether oxygens (including phenoxy) is 1. The summed E-state index contributed by atoms with van der Waals surface area (Å²) in [7, 11) is 0. The van der Waals surface area contributed by atoms with E-state index in [1.54, 1.807) is 45.0 Å². The van der Waals surface area contributed by atoms with Gasteiger partial charge in [-0.05, 0) is 61.6 Å². The Kier molecular flexibility index (Phi) is 6.06. The van der Waals surface area contributed by atoms with Crippen molar-refractivity contribution >= 4 is 12.0 Å². The standard InChI is InChI=1S/C23H24FN3O3/c1-23(2,3)30-22(29)27-18(13-25)11-17-5-4-15(12-20(17)24)14-6-7-19-16(10-14)8-9-26-21(19)28/h4-7,10,12,18H,8-9,11H2,1-3H3,(H,26,28)(H,27,29). The largest absolute Gasteiger partial charge is 0.444 e. The summed E-state index contributed by atoms with van der Waals surface area (Å²) in [4.78, 5) is 23.8. The van der Waals surface area contributed by atoms with Gasteiger partial charge in [0, 0.05) is 18.5 Å². The number of nitrogens with one attached hydrogen (secondary N) is 2. The van der Waals surface area contributed by atoms with E-state index in [0.717, 1.165) is 17.5 Å². The average molecular weight is 409 g/mol. The molecular weight excluding hydrogens is 385 g/mol. The average Bonchev–Trinajstić information content (AvgIpc) is 2.67. The molecule has 6 nitrogen and oxygen atoms in total. The molecule has 3 rings (SSSR count). The van der Waals surface area contributed by atoms with Crippen molar-refractivity contribution in [2.24, 2.45) is 0 Å². The van der Waals surface area contributed by atoms with Crippen LogP contribution in [0.1, 0.15) is 42.3 Å². The lowest BCUT2D eigenvalue weighted by Crippen LogP contribution is -2.39. The molecule has 0 saturated carbocycles. The van der Waals surface area contributed by atoms with Gasteiger partial charge in [-0.2, -0.15) is 5.26 Å². The highest BCUT2D eigenvalue weighted by molar-refractivity contribution is 5.97. The first-order chi connectivity index (χ1) is 14.2. The Morgan fingerprint density at radius 2 is 1.97 bits per heavy atom. The number of amides is 2. The molecule has 0 radical (unpaired) electrons. The molecule has 2 N–H and O–H groups in total. The fourth-order valence-electron chi connectivity index (χ4n) is 3.30. The van der Waals surface area contributed by atoms with Crippen LogP contribution in [-0.2, 0) is 17.6 Å². The van der Waals surface area contributed by atoms with E-state index in [1.807, 2.05) is 12.1 Å². The van der Waals surface area contributed by atoms with Crippen molar-refractivity contribution in [3.8, 4) is 17.2 Å². The van der Waals surface area contributed by atoms with Crippen LogP contribution in [0.4, 0.5) is 9.18 Å². The zero-order chi connectivity index (χ0) is 21.9. The second-order valence-electron chi connectivity index (χ2n) is 8.22. The molecule has 0 spiro atoms. The first-order valence-corrected chi connectivity index (χ1v) is 9.75. The minimum atomic E-state index is -0.914. The van der Waals surface area contributed by atoms with Gasteiger partial charge in [0.1, 0.15) is 17.5 Å². The number of nitriles is 1. The summed E-state index contributed by atoms with van der Waals surface area (Å²) >= 11 is 0. The van der Waals surface area contributed by atoms with E-state index in [0.29, 0.717) is 23.2 Å². The van der Waals surface area contributed by atoms with Crippen LogP contribution in [-0.4, -0.2) is 30.2 Å². The third-order valence-corrected chi connectivity index (χ3v) is 4.69. The smallest absolute Gasteiger partial charge is 0.408 e. The van der Waals surface area contributed by atoms with Gasteiger partial charge in [0.05, 0.1) is 6.07 Å². The summed E-state index contributed by atoms with van der Waals surface area (Å²) in [6, 6.07) is 11.3. The van der Waals surface area contributed by atoms with E-state index in [1.165, 1.54) is 6.07 Å².